The first-order valence-corrected chi connectivity index (χ1v) is 13.4. The Morgan fingerprint density at radius 2 is 1.88 bits per heavy atom. The van der Waals surface area contributed by atoms with Gasteiger partial charge in [0.1, 0.15) is 17.3 Å². The van der Waals surface area contributed by atoms with Crippen LogP contribution in [-0.4, -0.2) is 43.9 Å². The molecule has 2 N–H and O–H groups in total. The predicted octanol–water partition coefficient (Wildman–Crippen LogP) is 6.76. The molecule has 0 bridgehead atoms. The first-order chi connectivity index (χ1) is 20.5. The number of carboxylic acids is 1. The van der Waals surface area contributed by atoms with Crippen LogP contribution in [0.4, 0.5) is 22.0 Å². The summed E-state index contributed by atoms with van der Waals surface area (Å²) in [6.07, 6.45) is -1.52. The number of hydrazone groups is 1. The van der Waals surface area contributed by atoms with Crippen molar-refractivity contribution in [2.45, 2.75) is 44.9 Å². The van der Waals surface area contributed by atoms with Crippen LogP contribution in [0.1, 0.15) is 49.2 Å². The van der Waals surface area contributed by atoms with Gasteiger partial charge in [0, 0.05) is 17.3 Å². The molecule has 0 saturated heterocycles. The molecule has 0 amide bonds. The number of nitrogens with zero attached hydrogens (tertiary/aromatic N) is 4. The van der Waals surface area contributed by atoms with E-state index in [4.69, 9.17) is 4.74 Å². The van der Waals surface area contributed by atoms with E-state index >= 15 is 0 Å². The highest BCUT2D eigenvalue weighted by Crippen LogP contribution is 2.40. The second kappa shape index (κ2) is 11.5. The van der Waals surface area contributed by atoms with Crippen LogP contribution in [0.5, 0.6) is 5.75 Å². The average Bonchev–Trinajstić information content (AvgIpc) is 3.41. The third-order valence-electron chi connectivity index (χ3n) is 7.24. The molecule has 2 aromatic carbocycles. The lowest BCUT2D eigenvalue weighted by Crippen LogP contribution is -2.50. The monoisotopic (exact) mass is 599 g/mol. The molecule has 1 aliphatic heterocycles. The number of pyridine rings is 1. The van der Waals surface area contributed by atoms with E-state index in [2.05, 4.69) is 20.1 Å². The molecule has 3 heterocycles. The normalized spacial score (nSPS) is 14.3. The molecule has 5 rings (SSSR count). The molecule has 4 aromatic rings. The van der Waals surface area contributed by atoms with Crippen LogP contribution in [-0.2, 0) is 23.1 Å². The van der Waals surface area contributed by atoms with Crippen molar-refractivity contribution in [2.24, 2.45) is 5.10 Å². The SMILES string of the molecule is CCCOc1ccc(-c2ccc(C(CC)(C(=O)O)N3Cc4[nH]c(-c5cccc(F)c5F)nc4C=N3)cn2)c(C(F)(F)F)c1. The van der Waals surface area contributed by atoms with Crippen molar-refractivity contribution >= 4 is 12.2 Å². The maximum atomic E-state index is 14.4. The molecule has 0 saturated carbocycles. The van der Waals surface area contributed by atoms with Gasteiger partial charge >= 0.3 is 12.1 Å². The Labute approximate surface area is 242 Å². The summed E-state index contributed by atoms with van der Waals surface area (Å²) in [5.41, 5.74) is -2.07. The van der Waals surface area contributed by atoms with Gasteiger partial charge in [0.2, 0.25) is 0 Å². The Kier molecular flexibility index (Phi) is 7.91. The van der Waals surface area contributed by atoms with Gasteiger partial charge in [-0.3, -0.25) is 9.99 Å². The number of benzene rings is 2. The summed E-state index contributed by atoms with van der Waals surface area (Å²) in [6.45, 7) is 3.64. The topological polar surface area (TPSA) is 104 Å². The van der Waals surface area contributed by atoms with Crippen molar-refractivity contribution in [3.8, 4) is 28.4 Å². The number of aromatic nitrogens is 3. The zero-order valence-electron chi connectivity index (χ0n) is 23.0. The number of H-pyrrole nitrogens is 1. The fourth-order valence-corrected chi connectivity index (χ4v) is 5.02. The number of aromatic amines is 1. The fraction of sp³-hybridized carbons (Fsp3) is 0.267. The van der Waals surface area contributed by atoms with Crippen LogP contribution < -0.4 is 4.74 Å². The van der Waals surface area contributed by atoms with E-state index in [1.54, 1.807) is 6.92 Å². The Morgan fingerprint density at radius 3 is 2.53 bits per heavy atom. The lowest BCUT2D eigenvalue weighted by atomic mass is 9.86. The summed E-state index contributed by atoms with van der Waals surface area (Å²) in [5.74, 6) is -3.27. The lowest BCUT2D eigenvalue weighted by molar-refractivity contribution is -0.154. The highest BCUT2D eigenvalue weighted by molar-refractivity contribution is 5.84. The van der Waals surface area contributed by atoms with E-state index in [9.17, 15) is 31.9 Å². The zero-order chi connectivity index (χ0) is 30.9. The summed E-state index contributed by atoms with van der Waals surface area (Å²) in [6, 6.07) is 10.0. The number of carboxylic acid groups (broad SMARTS) is 1. The summed E-state index contributed by atoms with van der Waals surface area (Å²) >= 11 is 0. The van der Waals surface area contributed by atoms with Gasteiger partial charge < -0.3 is 14.8 Å². The lowest BCUT2D eigenvalue weighted by Gasteiger charge is -2.39. The maximum absolute atomic E-state index is 14.4. The summed E-state index contributed by atoms with van der Waals surface area (Å²) in [4.78, 5) is 24.3. The summed E-state index contributed by atoms with van der Waals surface area (Å²) < 4.78 is 75.4. The van der Waals surface area contributed by atoms with Gasteiger partial charge in [-0.2, -0.15) is 18.3 Å². The van der Waals surface area contributed by atoms with Crippen LogP contribution in [0.3, 0.4) is 0 Å². The van der Waals surface area contributed by atoms with Gasteiger partial charge in [0.15, 0.2) is 17.2 Å². The van der Waals surface area contributed by atoms with E-state index in [1.165, 1.54) is 53.8 Å². The number of fused-ring (bicyclic) bond motifs is 1. The minimum absolute atomic E-state index is 0.00623. The maximum Gasteiger partial charge on any atom is 0.417 e. The van der Waals surface area contributed by atoms with E-state index in [1.807, 2.05) is 6.92 Å². The van der Waals surface area contributed by atoms with Crippen LogP contribution in [0.2, 0.25) is 0 Å². The van der Waals surface area contributed by atoms with Gasteiger partial charge in [-0.15, -0.1) is 0 Å². The number of alkyl halides is 3. The van der Waals surface area contributed by atoms with Crippen molar-refractivity contribution < 1.29 is 36.6 Å². The van der Waals surface area contributed by atoms with Crippen molar-refractivity contribution in [3.05, 3.63) is 88.9 Å². The van der Waals surface area contributed by atoms with Crippen LogP contribution in [0, 0.1) is 11.6 Å². The molecule has 1 aliphatic rings. The molecule has 0 radical (unpaired) electrons. The molecule has 0 aliphatic carbocycles. The smallest absolute Gasteiger partial charge is 0.417 e. The third-order valence-corrected chi connectivity index (χ3v) is 7.24. The molecule has 8 nitrogen and oxygen atoms in total. The number of halogens is 5. The minimum atomic E-state index is -4.69. The number of hydrogen-bond donors (Lipinski definition) is 2. The predicted molar refractivity (Wildman–Crippen MR) is 147 cm³/mol. The second-order valence-electron chi connectivity index (χ2n) is 9.86. The van der Waals surface area contributed by atoms with Gasteiger partial charge in [-0.25, -0.2) is 18.6 Å². The largest absolute Gasteiger partial charge is 0.494 e. The van der Waals surface area contributed by atoms with Crippen LogP contribution in [0.25, 0.3) is 22.6 Å². The highest BCUT2D eigenvalue weighted by Gasteiger charge is 2.46. The highest BCUT2D eigenvalue weighted by atomic mass is 19.4. The van der Waals surface area contributed by atoms with Crippen molar-refractivity contribution in [2.75, 3.05) is 6.61 Å². The van der Waals surface area contributed by atoms with E-state index in [0.717, 1.165) is 12.1 Å². The second-order valence-corrected chi connectivity index (χ2v) is 9.86. The number of rotatable bonds is 9. The standard InChI is InChI=1S/C30H26F5N5O3/c1-3-12-43-18-9-10-19(21(13-18)30(33,34)35)23-11-8-17(14-36-23)29(4-2,28(41)42)40-16-25-24(15-37-40)38-27(39-25)20-6-5-7-22(31)26(20)32/h5-11,13-15H,3-4,12,16H2,1-2H3,(H,38,39)(H,41,42). The van der Waals surface area contributed by atoms with E-state index < -0.39 is 34.9 Å². The molecule has 2 aromatic heterocycles. The van der Waals surface area contributed by atoms with E-state index in [0.29, 0.717) is 17.8 Å². The number of nitrogens with one attached hydrogen (secondary N) is 1. The number of aliphatic carboxylic acids is 1. The van der Waals surface area contributed by atoms with Crippen molar-refractivity contribution in [3.63, 3.8) is 0 Å². The quantitative estimate of drug-likeness (QED) is 0.206. The number of ether oxygens (including phenoxy) is 1. The van der Waals surface area contributed by atoms with Gasteiger partial charge in [-0.05, 0) is 49.2 Å². The van der Waals surface area contributed by atoms with Gasteiger partial charge in [0.05, 0.1) is 41.9 Å². The molecule has 43 heavy (non-hydrogen) atoms. The summed E-state index contributed by atoms with van der Waals surface area (Å²) in [5, 5.41) is 16.0. The van der Waals surface area contributed by atoms with Gasteiger partial charge in [-0.1, -0.05) is 26.0 Å². The minimum Gasteiger partial charge on any atom is -0.494 e. The average molecular weight is 600 g/mol. The Balaban J connectivity index is 1.48. The molecule has 1 atom stereocenters. The molecule has 0 spiro atoms. The Morgan fingerprint density at radius 1 is 1.09 bits per heavy atom. The van der Waals surface area contributed by atoms with Crippen molar-refractivity contribution in [1.29, 1.82) is 0 Å². The number of carbonyl (C=O) groups is 1. The summed E-state index contributed by atoms with van der Waals surface area (Å²) in [7, 11) is 0. The first-order valence-electron chi connectivity index (χ1n) is 13.4. The van der Waals surface area contributed by atoms with Crippen LogP contribution in [0.15, 0.2) is 59.8 Å². The molecule has 224 valence electrons. The number of hydrogen-bond acceptors (Lipinski definition) is 6. The molecular weight excluding hydrogens is 573 g/mol. The fourth-order valence-electron chi connectivity index (χ4n) is 5.02. The number of imidazole rings is 1. The third kappa shape index (κ3) is 5.42. The first kappa shape index (κ1) is 29.7. The molecular formula is C30H26F5N5O3. The van der Waals surface area contributed by atoms with Crippen molar-refractivity contribution in [1.82, 2.24) is 20.0 Å². The van der Waals surface area contributed by atoms with E-state index in [-0.39, 0.29) is 53.5 Å². The van der Waals surface area contributed by atoms with Gasteiger partial charge in [0.25, 0.3) is 0 Å². The Hall–Kier alpha value is -4.81. The molecule has 1 unspecified atom stereocenters. The molecule has 0 fully saturated rings. The Bertz CT molecular complexity index is 1690. The van der Waals surface area contributed by atoms with Crippen LogP contribution >= 0.6 is 0 Å². The molecule has 13 heteroatoms. The zero-order valence-corrected chi connectivity index (χ0v) is 23.0.